The first-order valence-corrected chi connectivity index (χ1v) is 6.91. The number of hydrogen-bond acceptors (Lipinski definition) is 2. The van der Waals surface area contributed by atoms with Crippen LogP contribution in [0.5, 0.6) is 0 Å². The van der Waals surface area contributed by atoms with Crippen molar-refractivity contribution in [3.05, 3.63) is 12.7 Å². The Morgan fingerprint density at radius 2 is 1.62 bits per heavy atom. The third-order valence-corrected chi connectivity index (χ3v) is 2.95. The Labute approximate surface area is 82.0 Å². The zero-order chi connectivity index (χ0) is 10.2. The minimum absolute atomic E-state index is 0.342. The molecule has 0 radical (unpaired) electrons. The standard InChI is InChI=1S/C10H20O2S/c1-3-4-5-6-7-8-9-10-13(2,11)12/h3H,1,4-10H2,2H3. The summed E-state index contributed by atoms with van der Waals surface area (Å²) in [5.74, 6) is 0.342. The summed E-state index contributed by atoms with van der Waals surface area (Å²) in [5.41, 5.74) is 0. The van der Waals surface area contributed by atoms with E-state index < -0.39 is 9.84 Å². The Hall–Kier alpha value is -0.310. The molecule has 0 saturated carbocycles. The lowest BCUT2D eigenvalue weighted by atomic mass is 10.1. The Bertz CT molecular complexity index is 217. The highest BCUT2D eigenvalue weighted by Gasteiger charge is 2.00. The maximum absolute atomic E-state index is 10.8. The van der Waals surface area contributed by atoms with Gasteiger partial charge in [0, 0.05) is 12.0 Å². The molecule has 0 aromatic rings. The normalized spacial score (nSPS) is 11.5. The number of hydrogen-bond donors (Lipinski definition) is 0. The Morgan fingerprint density at radius 1 is 1.08 bits per heavy atom. The summed E-state index contributed by atoms with van der Waals surface area (Å²) in [6.07, 6.45) is 9.66. The van der Waals surface area contributed by atoms with Crippen LogP contribution in [0, 0.1) is 0 Å². The molecular formula is C10H20O2S. The average Bonchev–Trinajstić information content (AvgIpc) is 2.01. The molecule has 13 heavy (non-hydrogen) atoms. The fraction of sp³-hybridized carbons (Fsp3) is 0.800. The zero-order valence-corrected chi connectivity index (χ0v) is 9.28. The molecular weight excluding hydrogens is 184 g/mol. The minimum atomic E-state index is -2.74. The zero-order valence-electron chi connectivity index (χ0n) is 8.46. The molecule has 0 unspecified atom stereocenters. The van der Waals surface area contributed by atoms with Gasteiger partial charge in [-0.15, -0.1) is 6.58 Å². The summed E-state index contributed by atoms with van der Waals surface area (Å²) in [6, 6.07) is 0. The van der Waals surface area contributed by atoms with E-state index in [1.54, 1.807) is 0 Å². The van der Waals surface area contributed by atoms with Crippen LogP contribution in [0.25, 0.3) is 0 Å². The van der Waals surface area contributed by atoms with Gasteiger partial charge in [-0.1, -0.05) is 25.3 Å². The predicted octanol–water partition coefficient (Wildman–Crippen LogP) is 2.56. The molecule has 0 fully saturated rings. The van der Waals surface area contributed by atoms with Gasteiger partial charge in [0.05, 0.1) is 0 Å². The second kappa shape index (κ2) is 7.13. The van der Waals surface area contributed by atoms with Gasteiger partial charge >= 0.3 is 0 Å². The summed E-state index contributed by atoms with van der Waals surface area (Å²) in [6.45, 7) is 3.65. The lowest BCUT2D eigenvalue weighted by molar-refractivity contribution is 0.590. The van der Waals surface area contributed by atoms with E-state index in [9.17, 15) is 8.42 Å². The molecule has 0 spiro atoms. The van der Waals surface area contributed by atoms with Crippen molar-refractivity contribution in [1.29, 1.82) is 0 Å². The van der Waals surface area contributed by atoms with Gasteiger partial charge in [-0.2, -0.15) is 0 Å². The molecule has 3 heteroatoms. The Balaban J connectivity index is 3.13. The number of allylic oxidation sites excluding steroid dienone is 1. The van der Waals surface area contributed by atoms with E-state index in [1.807, 2.05) is 6.08 Å². The summed E-state index contributed by atoms with van der Waals surface area (Å²) in [4.78, 5) is 0. The molecule has 0 aliphatic carbocycles. The first-order chi connectivity index (χ1) is 6.06. The number of rotatable bonds is 8. The molecule has 0 N–H and O–H groups in total. The largest absolute Gasteiger partial charge is 0.229 e. The molecule has 0 saturated heterocycles. The van der Waals surface area contributed by atoms with Crippen LogP contribution in [0.2, 0.25) is 0 Å². The van der Waals surface area contributed by atoms with Crippen molar-refractivity contribution in [3.8, 4) is 0 Å². The molecule has 0 aromatic heterocycles. The van der Waals surface area contributed by atoms with E-state index in [2.05, 4.69) is 6.58 Å². The van der Waals surface area contributed by atoms with E-state index in [0.717, 1.165) is 25.7 Å². The Morgan fingerprint density at radius 3 is 2.15 bits per heavy atom. The number of unbranched alkanes of at least 4 members (excludes halogenated alkanes) is 5. The summed E-state index contributed by atoms with van der Waals surface area (Å²) in [7, 11) is -2.74. The summed E-state index contributed by atoms with van der Waals surface area (Å²) < 4.78 is 21.5. The highest BCUT2D eigenvalue weighted by Crippen LogP contribution is 2.06. The van der Waals surface area contributed by atoms with Gasteiger partial charge in [-0.25, -0.2) is 8.42 Å². The van der Waals surface area contributed by atoms with Gasteiger partial charge in [-0.05, 0) is 19.3 Å². The van der Waals surface area contributed by atoms with E-state index in [-0.39, 0.29) is 0 Å². The van der Waals surface area contributed by atoms with Crippen molar-refractivity contribution in [3.63, 3.8) is 0 Å². The summed E-state index contributed by atoms with van der Waals surface area (Å²) >= 11 is 0. The van der Waals surface area contributed by atoms with Gasteiger partial charge in [0.25, 0.3) is 0 Å². The quantitative estimate of drug-likeness (QED) is 0.450. The number of sulfone groups is 1. The van der Waals surface area contributed by atoms with Crippen LogP contribution in [0.3, 0.4) is 0 Å². The van der Waals surface area contributed by atoms with Crippen molar-refractivity contribution in [1.82, 2.24) is 0 Å². The van der Waals surface area contributed by atoms with E-state index in [4.69, 9.17) is 0 Å². The van der Waals surface area contributed by atoms with E-state index in [1.165, 1.54) is 19.1 Å². The van der Waals surface area contributed by atoms with Crippen LogP contribution in [0.15, 0.2) is 12.7 Å². The van der Waals surface area contributed by atoms with Crippen LogP contribution < -0.4 is 0 Å². The summed E-state index contributed by atoms with van der Waals surface area (Å²) in [5, 5.41) is 0. The van der Waals surface area contributed by atoms with Crippen LogP contribution in [-0.2, 0) is 9.84 Å². The molecule has 0 amide bonds. The van der Waals surface area contributed by atoms with Crippen molar-refractivity contribution >= 4 is 9.84 Å². The molecule has 0 aromatic carbocycles. The molecule has 0 aliphatic rings. The van der Waals surface area contributed by atoms with Gasteiger partial charge in [0.2, 0.25) is 0 Å². The maximum Gasteiger partial charge on any atom is 0.147 e. The predicted molar refractivity (Wildman–Crippen MR) is 57.6 cm³/mol. The van der Waals surface area contributed by atoms with Crippen molar-refractivity contribution in [2.24, 2.45) is 0 Å². The minimum Gasteiger partial charge on any atom is -0.229 e. The maximum atomic E-state index is 10.8. The first kappa shape index (κ1) is 12.7. The van der Waals surface area contributed by atoms with Crippen LogP contribution >= 0.6 is 0 Å². The molecule has 0 aliphatic heterocycles. The average molecular weight is 204 g/mol. The second-order valence-corrected chi connectivity index (χ2v) is 5.73. The van der Waals surface area contributed by atoms with E-state index in [0.29, 0.717) is 5.75 Å². The molecule has 0 rings (SSSR count). The smallest absolute Gasteiger partial charge is 0.147 e. The molecule has 2 nitrogen and oxygen atoms in total. The van der Waals surface area contributed by atoms with Crippen molar-refractivity contribution < 1.29 is 8.42 Å². The van der Waals surface area contributed by atoms with E-state index >= 15 is 0 Å². The monoisotopic (exact) mass is 204 g/mol. The third kappa shape index (κ3) is 11.7. The lowest BCUT2D eigenvalue weighted by Crippen LogP contribution is -2.02. The molecule has 0 heterocycles. The topological polar surface area (TPSA) is 34.1 Å². The highest BCUT2D eigenvalue weighted by molar-refractivity contribution is 7.90. The lowest BCUT2D eigenvalue weighted by Gasteiger charge is -1.99. The first-order valence-electron chi connectivity index (χ1n) is 4.85. The van der Waals surface area contributed by atoms with Gasteiger partial charge < -0.3 is 0 Å². The van der Waals surface area contributed by atoms with Crippen LogP contribution in [0.1, 0.15) is 38.5 Å². The Kier molecular flexibility index (Phi) is 6.96. The molecule has 0 atom stereocenters. The molecule has 0 bridgehead atoms. The van der Waals surface area contributed by atoms with Crippen molar-refractivity contribution in [2.45, 2.75) is 38.5 Å². The fourth-order valence-corrected chi connectivity index (χ4v) is 1.91. The van der Waals surface area contributed by atoms with Crippen molar-refractivity contribution in [2.75, 3.05) is 12.0 Å². The fourth-order valence-electron chi connectivity index (χ4n) is 1.18. The van der Waals surface area contributed by atoms with Crippen LogP contribution in [0.4, 0.5) is 0 Å². The second-order valence-electron chi connectivity index (χ2n) is 3.47. The third-order valence-electron chi connectivity index (χ3n) is 1.92. The highest BCUT2D eigenvalue weighted by atomic mass is 32.2. The van der Waals surface area contributed by atoms with Gasteiger partial charge in [-0.3, -0.25) is 0 Å². The van der Waals surface area contributed by atoms with Gasteiger partial charge in [0.1, 0.15) is 9.84 Å². The molecule has 78 valence electrons. The van der Waals surface area contributed by atoms with Crippen LogP contribution in [-0.4, -0.2) is 20.4 Å². The van der Waals surface area contributed by atoms with Gasteiger partial charge in [0.15, 0.2) is 0 Å². The SMILES string of the molecule is C=CCCCCCCCS(C)(=O)=O.